The molecule has 138 valence electrons. The third-order valence-corrected chi connectivity index (χ3v) is 4.68. The molecular formula is C22H28N2O2. The van der Waals surface area contributed by atoms with Gasteiger partial charge < -0.3 is 15.4 Å². The third kappa shape index (κ3) is 6.19. The lowest BCUT2D eigenvalue weighted by Crippen LogP contribution is -2.15. The van der Waals surface area contributed by atoms with Crippen LogP contribution in [0.25, 0.3) is 0 Å². The molecule has 2 N–H and O–H groups in total. The van der Waals surface area contributed by atoms with Gasteiger partial charge in [-0.25, -0.2) is 0 Å². The Morgan fingerprint density at radius 3 is 2.58 bits per heavy atom. The molecule has 4 nitrogen and oxygen atoms in total. The Morgan fingerprint density at radius 1 is 1.00 bits per heavy atom. The van der Waals surface area contributed by atoms with E-state index in [1.165, 1.54) is 25.7 Å². The number of ether oxygens (including phenoxy) is 1. The van der Waals surface area contributed by atoms with Crippen molar-refractivity contribution in [1.82, 2.24) is 0 Å². The van der Waals surface area contributed by atoms with Crippen molar-refractivity contribution in [3.05, 3.63) is 60.2 Å². The number of hydrogen-bond donors (Lipinski definition) is 2. The van der Waals surface area contributed by atoms with Gasteiger partial charge in [-0.1, -0.05) is 49.2 Å². The first kappa shape index (κ1) is 18.5. The average molecular weight is 352 g/mol. The minimum Gasteiger partial charge on any atom is -0.382 e. The van der Waals surface area contributed by atoms with Gasteiger partial charge in [-0.05, 0) is 43.0 Å². The Hall–Kier alpha value is -2.33. The highest BCUT2D eigenvalue weighted by Gasteiger charge is 2.14. The van der Waals surface area contributed by atoms with Crippen LogP contribution in [-0.4, -0.2) is 18.6 Å². The van der Waals surface area contributed by atoms with Crippen LogP contribution >= 0.6 is 0 Å². The molecule has 26 heavy (non-hydrogen) atoms. The highest BCUT2D eigenvalue weighted by molar-refractivity contribution is 5.91. The van der Waals surface area contributed by atoms with E-state index >= 15 is 0 Å². The van der Waals surface area contributed by atoms with Gasteiger partial charge in [0.15, 0.2) is 0 Å². The lowest BCUT2D eigenvalue weighted by Gasteiger charge is -2.14. The fourth-order valence-electron chi connectivity index (χ4n) is 3.32. The largest absolute Gasteiger partial charge is 0.382 e. The van der Waals surface area contributed by atoms with E-state index in [2.05, 4.69) is 16.7 Å². The van der Waals surface area contributed by atoms with Crippen LogP contribution in [0, 0.1) is 0 Å². The minimum absolute atomic E-state index is 0.0336. The van der Waals surface area contributed by atoms with Crippen LogP contribution in [0.4, 0.5) is 11.4 Å². The molecular weight excluding hydrogens is 324 g/mol. The summed E-state index contributed by atoms with van der Waals surface area (Å²) in [6.07, 6.45) is 6.27. The molecule has 0 unspecified atom stereocenters. The molecule has 1 aliphatic carbocycles. The van der Waals surface area contributed by atoms with Crippen LogP contribution in [0.2, 0.25) is 0 Å². The molecule has 0 atom stereocenters. The smallest absolute Gasteiger partial charge is 0.224 e. The molecule has 0 bridgehead atoms. The fourth-order valence-corrected chi connectivity index (χ4v) is 3.32. The molecule has 1 saturated carbocycles. The maximum absolute atomic E-state index is 12.1. The number of rotatable bonds is 9. The molecule has 2 aromatic rings. The number of carbonyl (C=O) groups excluding carboxylic acids is 1. The minimum atomic E-state index is 0.0336. The zero-order valence-electron chi connectivity index (χ0n) is 15.2. The third-order valence-electron chi connectivity index (χ3n) is 4.68. The number of benzene rings is 2. The van der Waals surface area contributed by atoms with Crippen LogP contribution in [0.15, 0.2) is 54.6 Å². The number of hydrogen-bond acceptors (Lipinski definition) is 3. The lowest BCUT2D eigenvalue weighted by atomic mass is 10.2. The maximum atomic E-state index is 12.1. The fraction of sp³-hybridized carbons (Fsp3) is 0.409. The van der Waals surface area contributed by atoms with Crippen molar-refractivity contribution in [3.8, 4) is 0 Å². The van der Waals surface area contributed by atoms with Gasteiger partial charge in [-0.3, -0.25) is 4.79 Å². The van der Waals surface area contributed by atoms with Crippen LogP contribution < -0.4 is 10.6 Å². The van der Waals surface area contributed by atoms with Gasteiger partial charge in [0, 0.05) is 30.4 Å². The molecule has 2 aromatic carbocycles. The van der Waals surface area contributed by atoms with Crippen LogP contribution in [0.5, 0.6) is 0 Å². The number of carbonyl (C=O) groups is 1. The normalized spacial score (nSPS) is 14.3. The van der Waals surface area contributed by atoms with Crippen LogP contribution in [0.1, 0.15) is 44.1 Å². The number of amides is 1. The summed E-state index contributed by atoms with van der Waals surface area (Å²) in [4.78, 5) is 12.1. The zero-order chi connectivity index (χ0) is 18.0. The molecule has 0 aliphatic heterocycles. The van der Waals surface area contributed by atoms with E-state index in [4.69, 9.17) is 4.74 Å². The standard InChI is InChI=1S/C22H28N2O2/c25-22(14-7-15-26-17-18-8-2-1-3-9-18)24-21-13-6-12-20(16-21)23-19-10-4-5-11-19/h1-3,6,8-9,12-13,16,19,23H,4-5,7,10-11,14-15,17H2,(H,24,25). The predicted molar refractivity (Wildman–Crippen MR) is 106 cm³/mol. The van der Waals surface area contributed by atoms with E-state index in [0.29, 0.717) is 25.7 Å². The molecule has 0 spiro atoms. The first-order chi connectivity index (χ1) is 12.8. The topological polar surface area (TPSA) is 50.4 Å². The average Bonchev–Trinajstić information content (AvgIpc) is 3.15. The molecule has 1 fully saturated rings. The van der Waals surface area contributed by atoms with Crippen LogP contribution in [0.3, 0.4) is 0 Å². The molecule has 0 heterocycles. The zero-order valence-corrected chi connectivity index (χ0v) is 15.2. The summed E-state index contributed by atoms with van der Waals surface area (Å²) in [5.74, 6) is 0.0336. The van der Waals surface area contributed by atoms with Crippen molar-refractivity contribution in [3.63, 3.8) is 0 Å². The van der Waals surface area contributed by atoms with E-state index in [1.54, 1.807) is 0 Å². The molecule has 3 rings (SSSR count). The van der Waals surface area contributed by atoms with Crippen molar-refractivity contribution < 1.29 is 9.53 Å². The van der Waals surface area contributed by atoms with E-state index in [9.17, 15) is 4.79 Å². The Labute approximate surface area is 156 Å². The van der Waals surface area contributed by atoms with E-state index in [0.717, 1.165) is 23.4 Å². The van der Waals surface area contributed by atoms with Crippen molar-refractivity contribution in [2.75, 3.05) is 17.2 Å². The molecule has 0 radical (unpaired) electrons. The second kappa shape index (κ2) is 9.97. The summed E-state index contributed by atoms with van der Waals surface area (Å²) >= 11 is 0. The van der Waals surface area contributed by atoms with Gasteiger partial charge in [0.1, 0.15) is 0 Å². The molecule has 1 aliphatic rings. The Bertz CT molecular complexity index is 682. The van der Waals surface area contributed by atoms with Crippen LogP contribution in [-0.2, 0) is 16.1 Å². The van der Waals surface area contributed by atoms with Crippen molar-refractivity contribution >= 4 is 17.3 Å². The van der Waals surface area contributed by atoms with Crippen molar-refractivity contribution in [1.29, 1.82) is 0 Å². The van der Waals surface area contributed by atoms with Gasteiger partial charge in [0.25, 0.3) is 0 Å². The maximum Gasteiger partial charge on any atom is 0.224 e. The van der Waals surface area contributed by atoms with Crippen molar-refractivity contribution in [2.45, 2.75) is 51.2 Å². The highest BCUT2D eigenvalue weighted by Crippen LogP contribution is 2.23. The quantitative estimate of drug-likeness (QED) is 0.626. The number of anilines is 2. The molecule has 0 saturated heterocycles. The Kier molecular flexibility index (Phi) is 7.08. The first-order valence-electron chi connectivity index (χ1n) is 9.58. The molecule has 4 heteroatoms. The number of nitrogens with one attached hydrogen (secondary N) is 2. The summed E-state index contributed by atoms with van der Waals surface area (Å²) in [7, 11) is 0. The van der Waals surface area contributed by atoms with E-state index in [-0.39, 0.29) is 5.91 Å². The summed E-state index contributed by atoms with van der Waals surface area (Å²) in [5, 5.41) is 6.54. The second-order valence-corrected chi connectivity index (χ2v) is 6.90. The first-order valence-corrected chi connectivity index (χ1v) is 9.58. The summed E-state index contributed by atoms with van der Waals surface area (Å²) in [5.41, 5.74) is 3.09. The predicted octanol–water partition coefficient (Wildman–Crippen LogP) is 4.98. The Morgan fingerprint density at radius 2 is 1.77 bits per heavy atom. The summed E-state index contributed by atoms with van der Waals surface area (Å²) < 4.78 is 5.62. The highest BCUT2D eigenvalue weighted by atomic mass is 16.5. The Balaban J connectivity index is 1.35. The van der Waals surface area contributed by atoms with E-state index < -0.39 is 0 Å². The summed E-state index contributed by atoms with van der Waals surface area (Å²) in [6.45, 7) is 1.18. The summed E-state index contributed by atoms with van der Waals surface area (Å²) in [6, 6.07) is 18.6. The molecule has 1 amide bonds. The lowest BCUT2D eigenvalue weighted by molar-refractivity contribution is -0.116. The van der Waals surface area contributed by atoms with Gasteiger partial charge >= 0.3 is 0 Å². The SMILES string of the molecule is O=C(CCCOCc1ccccc1)Nc1cccc(NC2CCCC2)c1. The van der Waals surface area contributed by atoms with Gasteiger partial charge in [0.2, 0.25) is 5.91 Å². The van der Waals surface area contributed by atoms with E-state index in [1.807, 2.05) is 48.5 Å². The van der Waals surface area contributed by atoms with Crippen molar-refractivity contribution in [2.24, 2.45) is 0 Å². The second-order valence-electron chi connectivity index (χ2n) is 6.90. The van der Waals surface area contributed by atoms with Gasteiger partial charge in [0.05, 0.1) is 6.61 Å². The van der Waals surface area contributed by atoms with Gasteiger partial charge in [-0.15, -0.1) is 0 Å². The molecule has 0 aromatic heterocycles. The van der Waals surface area contributed by atoms with Gasteiger partial charge in [-0.2, -0.15) is 0 Å². The monoisotopic (exact) mass is 352 g/mol.